The van der Waals surface area contributed by atoms with Crippen molar-refractivity contribution < 1.29 is 53.1 Å². The summed E-state index contributed by atoms with van der Waals surface area (Å²) >= 11 is 1.12. The van der Waals surface area contributed by atoms with E-state index >= 15 is 0 Å². The first-order valence-corrected chi connectivity index (χ1v) is 29.2. The zero-order valence-corrected chi connectivity index (χ0v) is 47.8. The van der Waals surface area contributed by atoms with Crippen LogP contribution in [0.1, 0.15) is 185 Å². The van der Waals surface area contributed by atoms with E-state index in [1.807, 2.05) is 49.4 Å². The van der Waals surface area contributed by atoms with Gasteiger partial charge in [0.15, 0.2) is 0 Å². The average Bonchev–Trinajstić information content (AvgIpc) is 3.73. The quantitative estimate of drug-likeness (QED) is 0.0208. The van der Waals surface area contributed by atoms with E-state index in [-0.39, 0.29) is 71.9 Å². The molecule has 0 fully saturated rings. The van der Waals surface area contributed by atoms with Crippen molar-refractivity contribution in [1.82, 2.24) is 0 Å². The van der Waals surface area contributed by atoms with Crippen molar-refractivity contribution in [3.05, 3.63) is 70.6 Å². The molecule has 1 aromatic heterocycles. The third kappa shape index (κ3) is 32.1. The molecule has 0 radical (unpaired) electrons. The third-order valence-corrected chi connectivity index (χ3v) is 14.2. The van der Waals surface area contributed by atoms with Gasteiger partial charge in [-0.25, -0.2) is 4.85 Å². The van der Waals surface area contributed by atoms with Gasteiger partial charge >= 0.3 is 23.9 Å². The second kappa shape index (κ2) is 44.5. The summed E-state index contributed by atoms with van der Waals surface area (Å²) in [5.41, 5.74) is 3.19. The predicted molar refractivity (Wildman–Crippen MR) is 305 cm³/mol. The lowest BCUT2D eigenvalue weighted by atomic mass is 10.0. The average molecular weight is 1090 g/mol. The molecule has 428 valence electrons. The van der Waals surface area contributed by atoms with Crippen LogP contribution in [-0.2, 0) is 42.9 Å². The summed E-state index contributed by atoms with van der Waals surface area (Å²) in [5.74, 6) is -4.93. The molecule has 16 nitrogen and oxygen atoms in total. The molecule has 0 aliphatic carbocycles. The highest BCUT2D eigenvalue weighted by Crippen LogP contribution is 2.41. The maximum Gasteiger partial charge on any atom is 0.307 e. The van der Waals surface area contributed by atoms with Crippen molar-refractivity contribution >= 4 is 56.6 Å². The summed E-state index contributed by atoms with van der Waals surface area (Å²) in [7, 11) is 0. The molecule has 2 N–H and O–H groups in total. The number of nitriles is 1. The minimum absolute atomic E-state index is 0.00431. The molecule has 0 aliphatic rings. The fourth-order valence-corrected chi connectivity index (χ4v) is 9.25. The number of anilines is 1. The number of hydrogen-bond acceptors (Lipinski definition) is 14. The van der Waals surface area contributed by atoms with Crippen molar-refractivity contribution in [2.24, 2.45) is 22.1 Å². The summed E-state index contributed by atoms with van der Waals surface area (Å²) < 4.78 is 27.9. The Hall–Kier alpha value is -5.46. The lowest BCUT2D eigenvalue weighted by molar-refractivity contribution is -0.152. The summed E-state index contributed by atoms with van der Waals surface area (Å²) in [4.78, 5) is 54.3. The number of benzene rings is 1. The zero-order chi connectivity index (χ0) is 56.1. The number of unbranched alkanes of at least 4 members (excludes halogenated alkanes) is 18. The van der Waals surface area contributed by atoms with Crippen molar-refractivity contribution in [2.75, 3.05) is 70.8 Å². The minimum Gasteiger partial charge on any atom is -0.481 e. The molecule has 0 bridgehead atoms. The van der Waals surface area contributed by atoms with Crippen molar-refractivity contribution in [1.29, 1.82) is 5.26 Å². The van der Waals surface area contributed by atoms with Gasteiger partial charge in [0.25, 0.3) is 0 Å². The number of hydrogen-bond donors (Lipinski definition) is 2. The number of esters is 2. The van der Waals surface area contributed by atoms with Crippen LogP contribution in [0.5, 0.6) is 0 Å². The first-order chi connectivity index (χ1) is 37.4. The Morgan fingerprint density at radius 1 is 0.649 bits per heavy atom. The highest BCUT2D eigenvalue weighted by Gasteiger charge is 2.22. The number of nitrogens with zero attached hydrogens (tertiary/aromatic N) is 5. The molecule has 0 saturated heterocycles. The largest absolute Gasteiger partial charge is 0.481 e. The lowest BCUT2D eigenvalue weighted by Gasteiger charge is -2.25. The smallest absolute Gasteiger partial charge is 0.307 e. The number of thiophene rings is 1. The molecular weight excluding hydrogens is 999 g/mol. The van der Waals surface area contributed by atoms with Crippen molar-refractivity contribution in [3.8, 4) is 6.07 Å². The molecule has 1 aromatic carbocycles. The number of carbonyl (C=O) groups is 4. The van der Waals surface area contributed by atoms with Crippen LogP contribution in [0.25, 0.3) is 4.85 Å². The maximum atomic E-state index is 12.6. The van der Waals surface area contributed by atoms with Crippen LogP contribution in [0.15, 0.2) is 52.7 Å². The standard InChI is InChI=1S/C60H91N5O11S/c1-6-8-10-12-14-16-18-19-20-21-23-25-27-29-30-50(59(68)69)45-55(66)75-42-40-73-37-35-65(52-32-33-54(48(3)44-52)63-64-58-53(47-61)49(4)57(62-5)77-58)34-36-72-38-39-74-41-43-76-56(67)46-51(60(70)71)31-28-26-24-22-17-15-13-11-9-7-2/h26-29,32-33,44,50-51H,6-25,30-31,34-43,45-46H2,1-4H3,(H,68,69)(H,70,71)/b28-26+,29-27+,64-63?. The summed E-state index contributed by atoms with van der Waals surface area (Å²) in [6.45, 7) is 17.7. The molecule has 0 spiro atoms. The van der Waals surface area contributed by atoms with Crippen molar-refractivity contribution in [3.63, 3.8) is 0 Å². The third-order valence-electron chi connectivity index (χ3n) is 13.1. The molecule has 0 saturated carbocycles. The second-order valence-electron chi connectivity index (χ2n) is 19.5. The van der Waals surface area contributed by atoms with Crippen LogP contribution in [0.4, 0.5) is 21.4 Å². The molecule has 2 atom stereocenters. The van der Waals surface area contributed by atoms with Crippen LogP contribution in [0.2, 0.25) is 0 Å². The van der Waals surface area contributed by atoms with E-state index < -0.39 is 35.7 Å². The Morgan fingerprint density at radius 2 is 1.09 bits per heavy atom. The van der Waals surface area contributed by atoms with Gasteiger partial charge in [0.1, 0.15) is 24.3 Å². The van der Waals surface area contributed by atoms with E-state index in [0.29, 0.717) is 46.5 Å². The topological polar surface area (TPSA) is 211 Å². The molecule has 0 aliphatic heterocycles. The number of aryl methyl sites for hydroxylation is 1. The Morgan fingerprint density at radius 3 is 1.52 bits per heavy atom. The number of carboxylic acids is 2. The molecule has 77 heavy (non-hydrogen) atoms. The molecule has 2 unspecified atom stereocenters. The molecule has 17 heteroatoms. The van der Waals surface area contributed by atoms with Crippen LogP contribution < -0.4 is 4.90 Å². The van der Waals surface area contributed by atoms with E-state index in [1.165, 1.54) is 103 Å². The molecular formula is C60H91N5O11S. The van der Waals surface area contributed by atoms with Crippen LogP contribution in [-0.4, -0.2) is 100 Å². The molecule has 0 amide bonds. The SMILES string of the molecule is [C-]#[N+]c1sc(N=Nc2ccc(N(CCOCCOCCOC(=O)CC(C/C=C/CCCCCCCCC)C(=O)O)CCOCCOC(=O)CC(C/C=C/CCCCCCCCCCCCC)C(=O)O)cc2C)c(C#N)c1C. The monoisotopic (exact) mass is 1090 g/mol. The van der Waals surface area contributed by atoms with Crippen molar-refractivity contribution in [2.45, 2.75) is 182 Å². The van der Waals surface area contributed by atoms with E-state index in [0.717, 1.165) is 48.3 Å². The number of rotatable bonds is 48. The first-order valence-electron chi connectivity index (χ1n) is 28.4. The molecule has 1 heterocycles. The van der Waals surface area contributed by atoms with E-state index in [1.54, 1.807) is 6.92 Å². The zero-order valence-electron chi connectivity index (χ0n) is 47.0. The van der Waals surface area contributed by atoms with E-state index in [9.17, 15) is 34.7 Å². The van der Waals surface area contributed by atoms with Gasteiger partial charge in [0.05, 0.1) is 82.1 Å². The lowest BCUT2D eigenvalue weighted by Crippen LogP contribution is -2.31. The Bertz CT molecular complexity index is 2150. The Labute approximate surface area is 464 Å². The summed E-state index contributed by atoms with van der Waals surface area (Å²) in [6.07, 6.45) is 32.2. The highest BCUT2D eigenvalue weighted by molar-refractivity contribution is 7.20. The Balaban J connectivity index is 1.81. The summed E-state index contributed by atoms with van der Waals surface area (Å²) in [6, 6.07) is 7.79. The number of ether oxygens (including phenoxy) is 5. The van der Waals surface area contributed by atoms with E-state index in [2.05, 4.69) is 39.9 Å². The van der Waals surface area contributed by atoms with Gasteiger partial charge in [-0.3, -0.25) is 19.2 Å². The minimum atomic E-state index is -1.03. The predicted octanol–water partition coefficient (Wildman–Crippen LogP) is 15.1. The second-order valence-corrected chi connectivity index (χ2v) is 20.5. The van der Waals surface area contributed by atoms with Gasteiger partial charge in [-0.1, -0.05) is 141 Å². The Kier molecular flexibility index (Phi) is 39.1. The molecule has 2 aromatic rings. The van der Waals surface area contributed by atoms with Gasteiger partial charge in [0.2, 0.25) is 5.00 Å². The van der Waals surface area contributed by atoms with Gasteiger partial charge < -0.3 is 38.8 Å². The number of carboxylic acid groups (broad SMARTS) is 2. The number of carbonyl (C=O) groups excluding carboxylic acids is 2. The number of aliphatic carboxylic acids is 2. The van der Waals surface area contributed by atoms with Crippen LogP contribution in [0, 0.1) is 43.6 Å². The fourth-order valence-electron chi connectivity index (χ4n) is 8.38. The normalized spacial score (nSPS) is 12.3. The van der Waals surface area contributed by atoms with Gasteiger partial charge in [-0.05, 0) is 81.7 Å². The molecule has 2 rings (SSSR count). The maximum absolute atomic E-state index is 12.6. The first kappa shape index (κ1) is 67.6. The number of allylic oxidation sites excluding steroid dienone is 4. The van der Waals surface area contributed by atoms with Gasteiger partial charge in [-0.15, -0.1) is 21.6 Å². The van der Waals surface area contributed by atoms with Crippen LogP contribution >= 0.6 is 11.3 Å². The highest BCUT2D eigenvalue weighted by atomic mass is 32.1. The summed E-state index contributed by atoms with van der Waals surface area (Å²) in [5, 5.41) is 38.5. The van der Waals surface area contributed by atoms with Gasteiger partial charge in [-0.2, -0.15) is 5.26 Å². The van der Waals surface area contributed by atoms with Gasteiger partial charge in [0, 0.05) is 18.8 Å². The number of azo groups is 1. The fraction of sp³-hybridized carbons (Fsp3) is 0.667. The van der Waals surface area contributed by atoms with Crippen LogP contribution in [0.3, 0.4) is 0 Å². The van der Waals surface area contributed by atoms with E-state index in [4.69, 9.17) is 30.3 Å².